The fourth-order valence-corrected chi connectivity index (χ4v) is 3.71. The van der Waals surface area contributed by atoms with E-state index < -0.39 is 0 Å². The van der Waals surface area contributed by atoms with Crippen LogP contribution in [0.25, 0.3) is 20.7 Å². The van der Waals surface area contributed by atoms with Crippen molar-refractivity contribution in [2.45, 2.75) is 13.5 Å². The van der Waals surface area contributed by atoms with Gasteiger partial charge in [-0.05, 0) is 24.1 Å². The maximum atomic E-state index is 4.68. The summed E-state index contributed by atoms with van der Waals surface area (Å²) in [6, 6.07) is 10.7. The molecular formula is C14H14N2S2. The van der Waals surface area contributed by atoms with E-state index in [1.807, 2.05) is 11.3 Å². The standard InChI is InChI=1S/C14H14N2S2/c1-2-15-8-14-16-11(9-17-14)13-7-10-5-3-4-6-12(10)18-13/h3-7,9,15H,2,8H2,1H3. The molecule has 0 saturated carbocycles. The minimum atomic E-state index is 0.867. The van der Waals surface area contributed by atoms with Crippen LogP contribution in [0.15, 0.2) is 35.7 Å². The number of thiophene rings is 1. The molecule has 0 amide bonds. The van der Waals surface area contributed by atoms with Gasteiger partial charge in [0.1, 0.15) is 5.01 Å². The average Bonchev–Trinajstić information content (AvgIpc) is 3.02. The van der Waals surface area contributed by atoms with Gasteiger partial charge in [-0.2, -0.15) is 0 Å². The molecule has 3 aromatic rings. The zero-order chi connectivity index (χ0) is 12.4. The maximum Gasteiger partial charge on any atom is 0.107 e. The number of hydrogen-bond donors (Lipinski definition) is 1. The van der Waals surface area contributed by atoms with Gasteiger partial charge in [0, 0.05) is 16.6 Å². The van der Waals surface area contributed by atoms with Gasteiger partial charge >= 0.3 is 0 Å². The summed E-state index contributed by atoms with van der Waals surface area (Å²) in [5.74, 6) is 0. The van der Waals surface area contributed by atoms with E-state index in [0.717, 1.165) is 23.8 Å². The molecule has 18 heavy (non-hydrogen) atoms. The minimum Gasteiger partial charge on any atom is -0.311 e. The van der Waals surface area contributed by atoms with Crippen molar-refractivity contribution in [2.75, 3.05) is 6.54 Å². The van der Waals surface area contributed by atoms with Crippen molar-refractivity contribution in [3.8, 4) is 10.6 Å². The summed E-state index contributed by atoms with van der Waals surface area (Å²) < 4.78 is 1.33. The summed E-state index contributed by atoms with van der Waals surface area (Å²) >= 11 is 3.54. The molecule has 0 saturated heterocycles. The van der Waals surface area contributed by atoms with Crippen LogP contribution in [-0.2, 0) is 6.54 Å². The first-order chi connectivity index (χ1) is 8.86. The Labute approximate surface area is 114 Å². The molecule has 0 spiro atoms. The Hall–Kier alpha value is -1.23. The summed E-state index contributed by atoms with van der Waals surface area (Å²) in [4.78, 5) is 5.94. The maximum absolute atomic E-state index is 4.68. The third-order valence-electron chi connectivity index (χ3n) is 2.76. The normalized spacial score (nSPS) is 11.2. The van der Waals surface area contributed by atoms with Gasteiger partial charge in [-0.1, -0.05) is 25.1 Å². The van der Waals surface area contributed by atoms with E-state index in [9.17, 15) is 0 Å². The zero-order valence-electron chi connectivity index (χ0n) is 10.1. The summed E-state index contributed by atoms with van der Waals surface area (Å²) in [7, 11) is 0. The van der Waals surface area contributed by atoms with Crippen LogP contribution in [0, 0.1) is 0 Å². The summed E-state index contributed by atoms with van der Waals surface area (Å²) in [5, 5.41) is 7.92. The smallest absolute Gasteiger partial charge is 0.107 e. The van der Waals surface area contributed by atoms with Gasteiger partial charge < -0.3 is 5.32 Å². The van der Waals surface area contributed by atoms with Gasteiger partial charge in [-0.15, -0.1) is 22.7 Å². The van der Waals surface area contributed by atoms with E-state index >= 15 is 0 Å². The lowest BCUT2D eigenvalue weighted by atomic mass is 10.2. The van der Waals surface area contributed by atoms with E-state index in [4.69, 9.17) is 0 Å². The molecule has 92 valence electrons. The van der Waals surface area contributed by atoms with Crippen LogP contribution in [0.3, 0.4) is 0 Å². The number of benzene rings is 1. The van der Waals surface area contributed by atoms with E-state index in [2.05, 4.69) is 52.9 Å². The molecule has 0 radical (unpaired) electrons. The molecular weight excluding hydrogens is 260 g/mol. The molecule has 1 N–H and O–H groups in total. The van der Waals surface area contributed by atoms with Gasteiger partial charge in [0.05, 0.1) is 10.6 Å². The Morgan fingerprint density at radius 1 is 1.28 bits per heavy atom. The topological polar surface area (TPSA) is 24.9 Å². The van der Waals surface area contributed by atoms with Crippen molar-refractivity contribution in [3.63, 3.8) is 0 Å². The number of aromatic nitrogens is 1. The molecule has 0 unspecified atom stereocenters. The molecule has 2 aromatic heterocycles. The molecule has 3 rings (SSSR count). The third kappa shape index (κ3) is 2.32. The lowest BCUT2D eigenvalue weighted by molar-refractivity contribution is 0.723. The summed E-state index contributed by atoms with van der Waals surface area (Å²) in [5.41, 5.74) is 1.11. The molecule has 2 nitrogen and oxygen atoms in total. The number of nitrogens with one attached hydrogen (secondary N) is 1. The van der Waals surface area contributed by atoms with Crippen molar-refractivity contribution >= 4 is 32.8 Å². The van der Waals surface area contributed by atoms with Gasteiger partial charge in [-0.3, -0.25) is 0 Å². The number of thiazole rings is 1. The van der Waals surface area contributed by atoms with Crippen LogP contribution >= 0.6 is 22.7 Å². The van der Waals surface area contributed by atoms with E-state index in [1.54, 1.807) is 11.3 Å². The van der Waals surface area contributed by atoms with Gasteiger partial charge in [-0.25, -0.2) is 4.98 Å². The van der Waals surface area contributed by atoms with Crippen LogP contribution < -0.4 is 5.32 Å². The highest BCUT2D eigenvalue weighted by atomic mass is 32.1. The third-order valence-corrected chi connectivity index (χ3v) is 4.74. The Balaban J connectivity index is 1.91. The van der Waals surface area contributed by atoms with Gasteiger partial charge in [0.25, 0.3) is 0 Å². The second kappa shape index (κ2) is 5.18. The van der Waals surface area contributed by atoms with Crippen molar-refractivity contribution in [1.82, 2.24) is 10.3 Å². The predicted molar refractivity (Wildman–Crippen MR) is 80.3 cm³/mol. The Kier molecular flexibility index (Phi) is 3.41. The molecule has 2 heterocycles. The van der Waals surface area contributed by atoms with Crippen molar-refractivity contribution in [2.24, 2.45) is 0 Å². The first-order valence-electron chi connectivity index (χ1n) is 6.01. The fourth-order valence-electron chi connectivity index (χ4n) is 1.85. The average molecular weight is 274 g/mol. The first-order valence-corrected chi connectivity index (χ1v) is 7.70. The second-order valence-electron chi connectivity index (χ2n) is 4.06. The largest absolute Gasteiger partial charge is 0.311 e. The quantitative estimate of drug-likeness (QED) is 0.773. The Morgan fingerprint density at radius 3 is 3.00 bits per heavy atom. The van der Waals surface area contributed by atoms with Crippen LogP contribution in [0.1, 0.15) is 11.9 Å². The molecule has 0 aliphatic carbocycles. The number of nitrogens with zero attached hydrogens (tertiary/aromatic N) is 1. The number of hydrogen-bond acceptors (Lipinski definition) is 4. The molecule has 0 fully saturated rings. The lowest BCUT2D eigenvalue weighted by Crippen LogP contribution is -2.11. The van der Waals surface area contributed by atoms with Crippen LogP contribution in [0.5, 0.6) is 0 Å². The molecule has 4 heteroatoms. The first kappa shape index (κ1) is 11.8. The highest BCUT2D eigenvalue weighted by molar-refractivity contribution is 7.22. The monoisotopic (exact) mass is 274 g/mol. The van der Waals surface area contributed by atoms with Gasteiger partial charge in [0.15, 0.2) is 0 Å². The highest BCUT2D eigenvalue weighted by Crippen LogP contribution is 2.33. The Bertz CT molecular complexity index is 621. The predicted octanol–water partition coefficient (Wildman–Crippen LogP) is 4.13. The molecule has 1 aromatic carbocycles. The molecule has 0 bridgehead atoms. The van der Waals surface area contributed by atoms with Crippen LogP contribution in [0.2, 0.25) is 0 Å². The SMILES string of the molecule is CCNCc1nc(-c2cc3ccccc3s2)cs1. The lowest BCUT2D eigenvalue weighted by Gasteiger charge is -1.94. The number of fused-ring (bicyclic) bond motifs is 1. The molecule has 0 aliphatic rings. The van der Waals surface area contributed by atoms with E-state index in [1.165, 1.54) is 15.0 Å². The van der Waals surface area contributed by atoms with Crippen molar-refractivity contribution in [1.29, 1.82) is 0 Å². The van der Waals surface area contributed by atoms with Crippen LogP contribution in [-0.4, -0.2) is 11.5 Å². The Morgan fingerprint density at radius 2 is 2.17 bits per heavy atom. The number of rotatable bonds is 4. The highest BCUT2D eigenvalue weighted by Gasteiger charge is 2.07. The van der Waals surface area contributed by atoms with E-state index in [-0.39, 0.29) is 0 Å². The second-order valence-corrected chi connectivity index (χ2v) is 6.08. The summed E-state index contributed by atoms with van der Waals surface area (Å²) in [6.45, 7) is 3.96. The summed E-state index contributed by atoms with van der Waals surface area (Å²) in [6.07, 6.45) is 0. The van der Waals surface area contributed by atoms with E-state index in [0.29, 0.717) is 0 Å². The van der Waals surface area contributed by atoms with Crippen molar-refractivity contribution in [3.05, 3.63) is 40.7 Å². The molecule has 0 atom stereocenters. The molecule has 0 aliphatic heterocycles. The zero-order valence-corrected chi connectivity index (χ0v) is 11.8. The minimum absolute atomic E-state index is 0.867. The van der Waals surface area contributed by atoms with Gasteiger partial charge in [0.2, 0.25) is 0 Å². The van der Waals surface area contributed by atoms with Crippen molar-refractivity contribution < 1.29 is 0 Å². The fraction of sp³-hybridized carbons (Fsp3) is 0.214. The van der Waals surface area contributed by atoms with Crippen LogP contribution in [0.4, 0.5) is 0 Å².